The van der Waals surface area contributed by atoms with Crippen molar-refractivity contribution in [2.45, 2.75) is 39.5 Å². The van der Waals surface area contributed by atoms with Gasteiger partial charge in [-0.05, 0) is 51.5 Å². The van der Waals surface area contributed by atoms with Gasteiger partial charge in [0, 0.05) is 11.8 Å². The van der Waals surface area contributed by atoms with Crippen LogP contribution in [0.1, 0.15) is 36.8 Å². The van der Waals surface area contributed by atoms with Crippen molar-refractivity contribution < 1.29 is 18.7 Å². The second-order valence-corrected chi connectivity index (χ2v) is 6.78. The third-order valence-corrected chi connectivity index (χ3v) is 3.40. The SMILES string of the molecule is Cc1nc(N(CC2=CC(F)CN=C2)C(=O)OC(C)(C)C)ccc1C=O. The topological polar surface area (TPSA) is 71.9 Å². The van der Waals surface area contributed by atoms with Gasteiger partial charge in [0.2, 0.25) is 0 Å². The highest BCUT2D eigenvalue weighted by Gasteiger charge is 2.26. The number of alkyl halides is 1. The van der Waals surface area contributed by atoms with Crippen molar-refractivity contribution in [2.75, 3.05) is 18.0 Å². The summed E-state index contributed by atoms with van der Waals surface area (Å²) in [7, 11) is 0. The standard InChI is InChI=1S/C18H22FN3O3/c1-12-14(11-23)5-6-16(21-12)22(17(24)25-18(2,3)4)10-13-7-15(19)9-20-8-13/h5-8,11,15H,9-10H2,1-4H3. The fourth-order valence-electron chi connectivity index (χ4n) is 2.26. The number of amides is 1. The monoisotopic (exact) mass is 347 g/mol. The smallest absolute Gasteiger partial charge is 0.416 e. The minimum atomic E-state index is -1.17. The maximum Gasteiger partial charge on any atom is 0.416 e. The molecule has 0 radical (unpaired) electrons. The van der Waals surface area contributed by atoms with Crippen LogP contribution >= 0.6 is 0 Å². The molecule has 1 aromatic heterocycles. The van der Waals surface area contributed by atoms with Gasteiger partial charge in [-0.15, -0.1) is 0 Å². The highest BCUT2D eigenvalue weighted by Crippen LogP contribution is 2.20. The molecule has 0 aliphatic carbocycles. The number of nitrogens with zero attached hydrogens (tertiary/aromatic N) is 3. The van der Waals surface area contributed by atoms with Gasteiger partial charge >= 0.3 is 6.09 Å². The van der Waals surface area contributed by atoms with Crippen molar-refractivity contribution in [3.8, 4) is 0 Å². The maximum absolute atomic E-state index is 13.5. The number of aromatic nitrogens is 1. The van der Waals surface area contributed by atoms with E-state index in [0.717, 1.165) is 0 Å². The van der Waals surface area contributed by atoms with Gasteiger partial charge in [0.25, 0.3) is 0 Å². The molecule has 1 atom stereocenters. The molecule has 1 aliphatic rings. The normalized spacial score (nSPS) is 17.0. The second-order valence-electron chi connectivity index (χ2n) is 6.78. The molecule has 2 heterocycles. The van der Waals surface area contributed by atoms with E-state index in [-0.39, 0.29) is 13.1 Å². The van der Waals surface area contributed by atoms with Crippen molar-refractivity contribution in [3.05, 3.63) is 35.0 Å². The molecule has 2 rings (SSSR count). The summed E-state index contributed by atoms with van der Waals surface area (Å²) in [4.78, 5) is 33.1. The first-order valence-electron chi connectivity index (χ1n) is 7.97. The number of hydrogen-bond acceptors (Lipinski definition) is 5. The number of halogens is 1. The van der Waals surface area contributed by atoms with Crippen molar-refractivity contribution in [3.63, 3.8) is 0 Å². The molecule has 0 N–H and O–H groups in total. The lowest BCUT2D eigenvalue weighted by Crippen LogP contribution is -2.39. The van der Waals surface area contributed by atoms with E-state index in [1.54, 1.807) is 46.0 Å². The van der Waals surface area contributed by atoms with Crippen LogP contribution in [-0.2, 0) is 4.74 Å². The first-order valence-corrected chi connectivity index (χ1v) is 7.97. The van der Waals surface area contributed by atoms with E-state index >= 15 is 0 Å². The van der Waals surface area contributed by atoms with Gasteiger partial charge in [0.05, 0.1) is 18.8 Å². The fraction of sp³-hybridized carbons (Fsp3) is 0.444. The lowest BCUT2D eigenvalue weighted by Gasteiger charge is -2.27. The lowest BCUT2D eigenvalue weighted by molar-refractivity contribution is 0.0582. The molecule has 1 unspecified atom stereocenters. The van der Waals surface area contributed by atoms with E-state index in [1.807, 2.05) is 0 Å². The molecule has 25 heavy (non-hydrogen) atoms. The average molecular weight is 347 g/mol. The number of anilines is 1. The highest BCUT2D eigenvalue weighted by atomic mass is 19.1. The molecule has 0 fully saturated rings. The Balaban J connectivity index is 2.34. The van der Waals surface area contributed by atoms with Crippen molar-refractivity contribution in [1.29, 1.82) is 0 Å². The minimum Gasteiger partial charge on any atom is -0.443 e. The summed E-state index contributed by atoms with van der Waals surface area (Å²) in [6, 6.07) is 3.15. The van der Waals surface area contributed by atoms with Crippen LogP contribution in [0.15, 0.2) is 28.8 Å². The van der Waals surface area contributed by atoms with Gasteiger partial charge in [0.15, 0.2) is 6.29 Å². The molecule has 1 aliphatic heterocycles. The molecule has 7 heteroatoms. The summed E-state index contributed by atoms with van der Waals surface area (Å²) in [5.74, 6) is 0.327. The zero-order chi connectivity index (χ0) is 18.6. The Morgan fingerprint density at radius 3 is 2.72 bits per heavy atom. The number of hydrogen-bond donors (Lipinski definition) is 0. The van der Waals surface area contributed by atoms with Crippen LogP contribution in [-0.4, -0.2) is 48.4 Å². The Morgan fingerprint density at radius 2 is 2.16 bits per heavy atom. The summed E-state index contributed by atoms with van der Waals surface area (Å²) < 4.78 is 19.0. The zero-order valence-electron chi connectivity index (χ0n) is 14.8. The third kappa shape index (κ3) is 5.20. The molecule has 6 nitrogen and oxygen atoms in total. The number of ether oxygens (including phenoxy) is 1. The summed E-state index contributed by atoms with van der Waals surface area (Å²) in [5, 5.41) is 0. The Hall–Kier alpha value is -2.57. The maximum atomic E-state index is 13.5. The van der Waals surface area contributed by atoms with E-state index in [9.17, 15) is 14.0 Å². The summed E-state index contributed by atoms with van der Waals surface area (Å²) in [5.41, 5.74) is 0.805. The first kappa shape index (κ1) is 18.8. The van der Waals surface area contributed by atoms with Crippen LogP contribution in [0.25, 0.3) is 0 Å². The molecule has 0 saturated heterocycles. The van der Waals surface area contributed by atoms with Crippen LogP contribution in [0.4, 0.5) is 15.0 Å². The number of carbonyl (C=O) groups is 2. The van der Waals surface area contributed by atoms with E-state index in [2.05, 4.69) is 9.98 Å². The Morgan fingerprint density at radius 1 is 1.44 bits per heavy atom. The number of rotatable bonds is 4. The second kappa shape index (κ2) is 7.55. The Bertz CT molecular complexity index is 723. The number of pyridine rings is 1. The van der Waals surface area contributed by atoms with Gasteiger partial charge in [0.1, 0.15) is 17.6 Å². The van der Waals surface area contributed by atoms with Crippen molar-refractivity contribution in [2.24, 2.45) is 4.99 Å². The largest absolute Gasteiger partial charge is 0.443 e. The Kier molecular flexibility index (Phi) is 5.66. The van der Waals surface area contributed by atoms with Gasteiger partial charge in [-0.25, -0.2) is 14.2 Å². The molecule has 0 saturated carbocycles. The van der Waals surface area contributed by atoms with E-state index in [1.165, 1.54) is 11.0 Å². The van der Waals surface area contributed by atoms with E-state index < -0.39 is 17.9 Å². The fourth-order valence-corrected chi connectivity index (χ4v) is 2.26. The quantitative estimate of drug-likeness (QED) is 0.784. The number of aldehydes is 1. The predicted octanol–water partition coefficient (Wildman–Crippen LogP) is 3.29. The van der Waals surface area contributed by atoms with Gasteiger partial charge in [-0.2, -0.15) is 0 Å². The van der Waals surface area contributed by atoms with Crippen LogP contribution in [0.5, 0.6) is 0 Å². The summed E-state index contributed by atoms with van der Waals surface area (Å²) >= 11 is 0. The first-order chi connectivity index (χ1) is 11.7. The van der Waals surface area contributed by atoms with Gasteiger partial charge in [-0.1, -0.05) is 0 Å². The average Bonchev–Trinajstić information content (AvgIpc) is 2.51. The molecular weight excluding hydrogens is 325 g/mol. The zero-order valence-corrected chi connectivity index (χ0v) is 14.8. The highest BCUT2D eigenvalue weighted by molar-refractivity contribution is 5.91. The molecule has 0 aromatic carbocycles. The van der Waals surface area contributed by atoms with Crippen LogP contribution in [0.2, 0.25) is 0 Å². The number of dihydropyridines is 1. The van der Waals surface area contributed by atoms with Gasteiger partial charge < -0.3 is 4.74 Å². The molecule has 0 bridgehead atoms. The molecule has 134 valence electrons. The van der Waals surface area contributed by atoms with Crippen molar-refractivity contribution in [1.82, 2.24) is 4.98 Å². The Labute approximate surface area is 146 Å². The van der Waals surface area contributed by atoms with Crippen LogP contribution in [0, 0.1) is 6.92 Å². The lowest BCUT2D eigenvalue weighted by atomic mass is 10.1. The van der Waals surface area contributed by atoms with Crippen molar-refractivity contribution >= 4 is 24.4 Å². The summed E-state index contributed by atoms with van der Waals surface area (Å²) in [6.07, 6.45) is 1.89. The number of carbonyl (C=O) groups excluding carboxylic acids is 2. The van der Waals surface area contributed by atoms with Gasteiger partial charge in [-0.3, -0.25) is 14.7 Å². The molecule has 1 aromatic rings. The predicted molar refractivity (Wildman–Crippen MR) is 94.3 cm³/mol. The number of aliphatic imine (C=N–C) groups is 1. The molecule has 1 amide bonds. The van der Waals surface area contributed by atoms with Crippen LogP contribution in [0.3, 0.4) is 0 Å². The van der Waals surface area contributed by atoms with E-state index in [0.29, 0.717) is 28.9 Å². The molecule has 0 spiro atoms. The third-order valence-electron chi connectivity index (χ3n) is 3.40. The minimum absolute atomic E-state index is 0.0751. The molecular formula is C18H22FN3O3. The van der Waals surface area contributed by atoms with E-state index in [4.69, 9.17) is 4.74 Å². The summed E-state index contributed by atoms with van der Waals surface area (Å²) in [6.45, 7) is 7.12. The van der Waals surface area contributed by atoms with Crippen LogP contribution < -0.4 is 4.90 Å². The number of aryl methyl sites for hydroxylation is 1.